The second kappa shape index (κ2) is 8.35. The molecule has 0 fully saturated rings. The van der Waals surface area contributed by atoms with Crippen LogP contribution in [0.3, 0.4) is 0 Å². The summed E-state index contributed by atoms with van der Waals surface area (Å²) >= 11 is 0. The lowest BCUT2D eigenvalue weighted by Gasteiger charge is -2.00. The van der Waals surface area contributed by atoms with Gasteiger partial charge in [0.15, 0.2) is 7.37 Å². The Balaban J connectivity index is 0. The van der Waals surface area contributed by atoms with Gasteiger partial charge in [0.1, 0.15) is 0 Å². The summed E-state index contributed by atoms with van der Waals surface area (Å²) in [6.07, 6.45) is 2.34. The van der Waals surface area contributed by atoms with Gasteiger partial charge in [-0.25, -0.2) is 4.57 Å². The van der Waals surface area contributed by atoms with Crippen LogP contribution in [-0.4, -0.2) is 22.6 Å². The van der Waals surface area contributed by atoms with Gasteiger partial charge in [-0.3, -0.25) is 4.57 Å². The Morgan fingerprint density at radius 3 is 2.00 bits per heavy atom. The molecule has 11 heavy (non-hydrogen) atoms. The van der Waals surface area contributed by atoms with Crippen LogP contribution >= 0.6 is 16.1 Å². The molecule has 1 unspecified atom stereocenters. The van der Waals surface area contributed by atoms with Crippen molar-refractivity contribution in [1.29, 1.82) is 0 Å². The lowest BCUT2D eigenvalue weighted by molar-refractivity contribution is 0.482. The van der Waals surface area contributed by atoms with Crippen LogP contribution in [0.2, 0.25) is 0 Å². The van der Waals surface area contributed by atoms with Gasteiger partial charge in [0, 0.05) is 12.8 Å². The van der Waals surface area contributed by atoms with Crippen LogP contribution in [0.15, 0.2) is 0 Å². The van der Waals surface area contributed by atoms with E-state index >= 15 is 0 Å². The van der Waals surface area contributed by atoms with Gasteiger partial charge in [0.2, 0.25) is 0 Å². The maximum Gasteiger partial charge on any atom is 0.324 e. The SMILES string of the molecule is CCCCP(C)(=O)O.O=PO. The fourth-order valence-electron chi connectivity index (χ4n) is 0.451. The van der Waals surface area contributed by atoms with Gasteiger partial charge >= 0.3 is 8.69 Å². The molecule has 0 aromatic heterocycles. The summed E-state index contributed by atoms with van der Waals surface area (Å²) in [6.45, 7) is 3.42. The van der Waals surface area contributed by atoms with Gasteiger partial charge in [-0.2, -0.15) is 0 Å². The first-order valence-electron chi connectivity index (χ1n) is 3.24. The van der Waals surface area contributed by atoms with Crippen molar-refractivity contribution >= 4 is 16.1 Å². The summed E-state index contributed by atoms with van der Waals surface area (Å²) in [6, 6.07) is 0. The summed E-state index contributed by atoms with van der Waals surface area (Å²) in [7, 11) is -3.52. The quantitative estimate of drug-likeness (QED) is 0.682. The van der Waals surface area contributed by atoms with Crippen molar-refractivity contribution < 1.29 is 18.9 Å². The smallest absolute Gasteiger partial charge is 0.324 e. The first-order chi connectivity index (χ1) is 4.97. The highest BCUT2D eigenvalue weighted by molar-refractivity contribution is 7.57. The van der Waals surface area contributed by atoms with E-state index in [4.69, 9.17) is 14.4 Å². The first-order valence-corrected chi connectivity index (χ1v) is 6.29. The van der Waals surface area contributed by atoms with E-state index in [1.807, 2.05) is 6.92 Å². The standard InChI is InChI=1S/C5H13O2P.HO2P/c1-3-4-5-8(2,6)7;1-3-2/h3-5H2,1-2H3,(H,6,7);(H,1,2). The Bertz CT molecular complexity index is 130. The monoisotopic (exact) mass is 200 g/mol. The largest absolute Gasteiger partial charge is 0.344 e. The molecular formula is C5H14O4P2. The van der Waals surface area contributed by atoms with E-state index in [0.29, 0.717) is 6.16 Å². The molecule has 0 saturated carbocycles. The normalized spacial score (nSPS) is 14.9. The average Bonchev–Trinajstić information content (AvgIpc) is 1.84. The van der Waals surface area contributed by atoms with Gasteiger partial charge in [-0.1, -0.05) is 13.3 Å². The third kappa shape index (κ3) is 25.3. The van der Waals surface area contributed by atoms with Crippen LogP contribution in [0.1, 0.15) is 19.8 Å². The Morgan fingerprint density at radius 1 is 1.55 bits per heavy atom. The number of rotatable bonds is 3. The van der Waals surface area contributed by atoms with Crippen LogP contribution in [0, 0.1) is 0 Å². The van der Waals surface area contributed by atoms with Crippen LogP contribution in [0.25, 0.3) is 0 Å². The molecular weight excluding hydrogens is 186 g/mol. The highest BCUT2D eigenvalue weighted by Gasteiger charge is 2.06. The molecule has 0 aliphatic rings. The Labute approximate surface area is 68.4 Å². The molecule has 0 radical (unpaired) electrons. The van der Waals surface area contributed by atoms with Crippen LogP contribution < -0.4 is 0 Å². The molecule has 0 aliphatic carbocycles. The van der Waals surface area contributed by atoms with Crippen LogP contribution in [0.5, 0.6) is 0 Å². The number of hydrogen-bond acceptors (Lipinski definition) is 2. The second-order valence-corrected chi connectivity index (χ2v) is 4.92. The summed E-state index contributed by atoms with van der Waals surface area (Å²) in [4.78, 5) is 15.7. The molecule has 0 spiro atoms. The zero-order valence-corrected chi connectivity index (χ0v) is 8.52. The molecule has 0 aromatic rings. The molecule has 68 valence electrons. The van der Waals surface area contributed by atoms with Crippen molar-refractivity contribution in [2.24, 2.45) is 0 Å². The predicted octanol–water partition coefficient (Wildman–Crippen LogP) is 1.87. The van der Waals surface area contributed by atoms with Crippen molar-refractivity contribution in [3.05, 3.63) is 0 Å². The lowest BCUT2D eigenvalue weighted by atomic mass is 10.4. The predicted molar refractivity (Wildman–Crippen MR) is 45.3 cm³/mol. The third-order valence-corrected chi connectivity index (χ3v) is 2.07. The minimum atomic E-state index is -2.68. The van der Waals surface area contributed by atoms with Crippen molar-refractivity contribution in [1.82, 2.24) is 0 Å². The summed E-state index contributed by atoms with van der Waals surface area (Å²) in [5.74, 6) is 0. The van der Waals surface area contributed by atoms with Crippen molar-refractivity contribution in [2.45, 2.75) is 19.8 Å². The maximum atomic E-state index is 10.5. The molecule has 0 saturated heterocycles. The molecule has 2 N–H and O–H groups in total. The van der Waals surface area contributed by atoms with Gasteiger partial charge < -0.3 is 9.79 Å². The fourth-order valence-corrected chi connectivity index (χ4v) is 1.35. The van der Waals surface area contributed by atoms with E-state index in [0.717, 1.165) is 12.8 Å². The third-order valence-electron chi connectivity index (χ3n) is 0.927. The van der Waals surface area contributed by atoms with Crippen molar-refractivity contribution in [2.75, 3.05) is 12.8 Å². The van der Waals surface area contributed by atoms with Crippen LogP contribution in [-0.2, 0) is 9.13 Å². The summed E-state index contributed by atoms with van der Waals surface area (Å²) in [5, 5.41) is 0. The maximum absolute atomic E-state index is 10.5. The van der Waals surface area contributed by atoms with E-state index in [1.54, 1.807) is 0 Å². The minimum absolute atomic E-state index is 0.476. The van der Waals surface area contributed by atoms with E-state index in [2.05, 4.69) is 0 Å². The highest BCUT2D eigenvalue weighted by atomic mass is 31.2. The molecule has 0 bridgehead atoms. The number of unbranched alkanes of at least 4 members (excludes halogenated alkanes) is 1. The van der Waals surface area contributed by atoms with Gasteiger partial charge in [-0.05, 0) is 6.42 Å². The summed E-state index contributed by atoms with van der Waals surface area (Å²) < 4.78 is 19.0. The topological polar surface area (TPSA) is 74.6 Å². The minimum Gasteiger partial charge on any atom is -0.344 e. The summed E-state index contributed by atoms with van der Waals surface area (Å²) in [5.41, 5.74) is 0. The molecule has 0 aromatic carbocycles. The molecule has 1 atom stereocenters. The molecule has 0 rings (SSSR count). The van der Waals surface area contributed by atoms with E-state index in [9.17, 15) is 4.57 Å². The van der Waals surface area contributed by atoms with Crippen molar-refractivity contribution in [3.63, 3.8) is 0 Å². The highest BCUT2D eigenvalue weighted by Crippen LogP contribution is 2.35. The average molecular weight is 200 g/mol. The van der Waals surface area contributed by atoms with Gasteiger partial charge in [-0.15, -0.1) is 0 Å². The van der Waals surface area contributed by atoms with Gasteiger partial charge in [0.25, 0.3) is 0 Å². The Morgan fingerprint density at radius 2 is 1.91 bits per heavy atom. The van der Waals surface area contributed by atoms with Gasteiger partial charge in [0.05, 0.1) is 0 Å². The molecule has 0 heterocycles. The van der Waals surface area contributed by atoms with E-state index in [-0.39, 0.29) is 0 Å². The van der Waals surface area contributed by atoms with E-state index < -0.39 is 16.1 Å². The second-order valence-electron chi connectivity index (χ2n) is 2.21. The molecule has 4 nitrogen and oxygen atoms in total. The zero-order valence-electron chi connectivity index (χ0n) is 6.73. The molecule has 6 heteroatoms. The molecule has 0 amide bonds. The fraction of sp³-hybridized carbons (Fsp3) is 1.00. The van der Waals surface area contributed by atoms with Crippen LogP contribution in [0.4, 0.5) is 0 Å². The molecule has 0 aliphatic heterocycles. The number of hydrogen-bond donors (Lipinski definition) is 2. The Kier molecular flexibility index (Phi) is 10.5. The zero-order chi connectivity index (χ0) is 9.33. The Hall–Kier alpha value is 0.250. The van der Waals surface area contributed by atoms with E-state index in [1.165, 1.54) is 6.66 Å². The van der Waals surface area contributed by atoms with Crippen molar-refractivity contribution in [3.8, 4) is 0 Å². The first kappa shape index (κ1) is 13.8. The lowest BCUT2D eigenvalue weighted by Crippen LogP contribution is -1.84.